The van der Waals surface area contributed by atoms with Gasteiger partial charge in [-0.3, -0.25) is 9.78 Å². The molecule has 1 aromatic rings. The van der Waals surface area contributed by atoms with Gasteiger partial charge >= 0.3 is 0 Å². The molecule has 1 heterocycles. The second kappa shape index (κ2) is 4.22. The molecule has 0 aromatic carbocycles. The lowest BCUT2D eigenvalue weighted by atomic mass is 10.1. The number of hydrogen-bond donors (Lipinski definition) is 2. The second-order valence-electron chi connectivity index (χ2n) is 4.30. The van der Waals surface area contributed by atoms with Gasteiger partial charge in [-0.05, 0) is 38.9 Å². The minimum absolute atomic E-state index is 0.0330. The predicted octanol–water partition coefficient (Wildman–Crippen LogP) is 0.795. The molecular weight excluding hydrogens is 202 g/mol. The molecule has 1 aromatic heterocycles. The first-order valence-electron chi connectivity index (χ1n) is 5.59. The maximum absolute atomic E-state index is 11.8. The fraction of sp³-hybridized carbons (Fsp3) is 0.500. The SMILES string of the molecule is CNC(C)C(=O)NC1(c2ccccn2)CC1. The van der Waals surface area contributed by atoms with Gasteiger partial charge in [-0.25, -0.2) is 0 Å². The zero-order valence-corrected chi connectivity index (χ0v) is 9.66. The first kappa shape index (κ1) is 11.1. The molecule has 0 spiro atoms. The summed E-state index contributed by atoms with van der Waals surface area (Å²) in [7, 11) is 1.78. The number of carbonyl (C=O) groups excluding carboxylic acids is 1. The average Bonchev–Trinajstić information content (AvgIpc) is 3.10. The summed E-state index contributed by atoms with van der Waals surface area (Å²) in [6.45, 7) is 1.85. The maximum atomic E-state index is 11.8. The molecule has 86 valence electrons. The standard InChI is InChI=1S/C12H17N3O/c1-9(13-2)11(16)15-12(6-7-12)10-5-3-4-8-14-10/h3-5,8-9,13H,6-7H2,1-2H3,(H,15,16). The largest absolute Gasteiger partial charge is 0.344 e. The Balaban J connectivity index is 2.08. The third kappa shape index (κ3) is 2.07. The van der Waals surface area contributed by atoms with E-state index >= 15 is 0 Å². The minimum Gasteiger partial charge on any atom is -0.344 e. The topological polar surface area (TPSA) is 54.0 Å². The number of amides is 1. The van der Waals surface area contributed by atoms with Crippen LogP contribution in [0.5, 0.6) is 0 Å². The maximum Gasteiger partial charge on any atom is 0.237 e. The lowest BCUT2D eigenvalue weighted by Gasteiger charge is -2.19. The molecule has 0 radical (unpaired) electrons. The molecule has 4 nitrogen and oxygen atoms in total. The van der Waals surface area contributed by atoms with Gasteiger partial charge in [0.15, 0.2) is 0 Å². The highest BCUT2D eigenvalue weighted by molar-refractivity contribution is 5.82. The van der Waals surface area contributed by atoms with Crippen molar-refractivity contribution in [3.05, 3.63) is 30.1 Å². The van der Waals surface area contributed by atoms with E-state index < -0.39 is 0 Å². The van der Waals surface area contributed by atoms with Crippen LogP contribution < -0.4 is 10.6 Å². The Morgan fingerprint density at radius 1 is 1.50 bits per heavy atom. The Hall–Kier alpha value is -1.42. The monoisotopic (exact) mass is 219 g/mol. The van der Waals surface area contributed by atoms with Crippen LogP contribution in [0.15, 0.2) is 24.4 Å². The van der Waals surface area contributed by atoms with Gasteiger partial charge in [0.05, 0.1) is 17.3 Å². The Morgan fingerprint density at radius 3 is 2.75 bits per heavy atom. The van der Waals surface area contributed by atoms with E-state index in [1.807, 2.05) is 25.1 Å². The lowest BCUT2D eigenvalue weighted by molar-refractivity contribution is -0.123. The summed E-state index contributed by atoms with van der Waals surface area (Å²) >= 11 is 0. The van der Waals surface area contributed by atoms with Crippen molar-refractivity contribution < 1.29 is 4.79 Å². The molecule has 0 bridgehead atoms. The molecule has 2 N–H and O–H groups in total. The predicted molar refractivity (Wildman–Crippen MR) is 61.8 cm³/mol. The van der Waals surface area contributed by atoms with Crippen molar-refractivity contribution in [3.8, 4) is 0 Å². The molecule has 16 heavy (non-hydrogen) atoms. The van der Waals surface area contributed by atoms with E-state index in [2.05, 4.69) is 15.6 Å². The highest BCUT2D eigenvalue weighted by Gasteiger charge is 2.47. The molecule has 1 aliphatic rings. The molecule has 1 saturated carbocycles. The summed E-state index contributed by atoms with van der Waals surface area (Å²) in [5, 5.41) is 6.00. The molecular formula is C12H17N3O. The first-order valence-corrected chi connectivity index (χ1v) is 5.59. The zero-order chi connectivity index (χ0) is 11.6. The van der Waals surface area contributed by atoms with Crippen LogP contribution in [0.4, 0.5) is 0 Å². The molecule has 2 rings (SSSR count). The van der Waals surface area contributed by atoms with Crippen molar-refractivity contribution in [2.45, 2.75) is 31.3 Å². The second-order valence-corrected chi connectivity index (χ2v) is 4.30. The Bertz CT molecular complexity index is 373. The van der Waals surface area contributed by atoms with Gasteiger partial charge < -0.3 is 10.6 Å². The van der Waals surface area contributed by atoms with Gasteiger partial charge in [0.1, 0.15) is 0 Å². The van der Waals surface area contributed by atoms with Crippen LogP contribution in [-0.2, 0) is 10.3 Å². The van der Waals surface area contributed by atoms with E-state index in [0.29, 0.717) is 0 Å². The van der Waals surface area contributed by atoms with E-state index in [4.69, 9.17) is 0 Å². The summed E-state index contributed by atoms with van der Waals surface area (Å²) in [5.74, 6) is 0.0330. The van der Waals surface area contributed by atoms with Crippen molar-refractivity contribution in [3.63, 3.8) is 0 Å². The Morgan fingerprint density at radius 2 is 2.25 bits per heavy atom. The van der Waals surface area contributed by atoms with Gasteiger partial charge in [0.25, 0.3) is 0 Å². The van der Waals surface area contributed by atoms with Gasteiger partial charge in [-0.15, -0.1) is 0 Å². The molecule has 0 saturated heterocycles. The van der Waals surface area contributed by atoms with E-state index in [1.54, 1.807) is 13.2 Å². The Kier molecular flexibility index (Phi) is 2.92. The smallest absolute Gasteiger partial charge is 0.237 e. The van der Waals surface area contributed by atoms with Gasteiger partial charge in [0.2, 0.25) is 5.91 Å². The summed E-state index contributed by atoms with van der Waals surface area (Å²) in [6.07, 6.45) is 3.72. The van der Waals surface area contributed by atoms with Crippen LogP contribution in [0.1, 0.15) is 25.5 Å². The summed E-state index contributed by atoms with van der Waals surface area (Å²) < 4.78 is 0. The fourth-order valence-electron chi connectivity index (χ4n) is 1.69. The molecule has 1 amide bonds. The molecule has 0 aliphatic heterocycles. The number of nitrogens with one attached hydrogen (secondary N) is 2. The first-order chi connectivity index (χ1) is 7.68. The minimum atomic E-state index is -0.205. The molecule has 4 heteroatoms. The van der Waals surface area contributed by atoms with Crippen molar-refractivity contribution in [1.29, 1.82) is 0 Å². The summed E-state index contributed by atoms with van der Waals surface area (Å²) in [4.78, 5) is 16.1. The average molecular weight is 219 g/mol. The number of likely N-dealkylation sites (N-methyl/N-ethyl adjacent to an activating group) is 1. The molecule has 1 aliphatic carbocycles. The number of nitrogens with zero attached hydrogens (tertiary/aromatic N) is 1. The Labute approximate surface area is 95.5 Å². The summed E-state index contributed by atoms with van der Waals surface area (Å²) in [5.41, 5.74) is 0.760. The van der Waals surface area contributed by atoms with Gasteiger partial charge in [-0.2, -0.15) is 0 Å². The third-order valence-corrected chi connectivity index (χ3v) is 3.09. The van der Waals surface area contributed by atoms with Crippen LogP contribution in [0.25, 0.3) is 0 Å². The van der Waals surface area contributed by atoms with Crippen LogP contribution in [0.3, 0.4) is 0 Å². The quantitative estimate of drug-likeness (QED) is 0.787. The van der Waals surface area contributed by atoms with Crippen LogP contribution in [0, 0.1) is 0 Å². The van der Waals surface area contributed by atoms with E-state index in [9.17, 15) is 4.79 Å². The zero-order valence-electron chi connectivity index (χ0n) is 9.66. The van der Waals surface area contributed by atoms with Gasteiger partial charge in [0, 0.05) is 6.20 Å². The van der Waals surface area contributed by atoms with Crippen molar-refractivity contribution in [1.82, 2.24) is 15.6 Å². The highest BCUT2D eigenvalue weighted by atomic mass is 16.2. The number of rotatable bonds is 4. The molecule has 1 fully saturated rings. The summed E-state index contributed by atoms with van der Waals surface area (Å²) in [6, 6.07) is 5.64. The number of pyridine rings is 1. The van der Waals surface area contributed by atoms with E-state index in [-0.39, 0.29) is 17.5 Å². The number of hydrogen-bond acceptors (Lipinski definition) is 3. The van der Waals surface area contributed by atoms with Crippen molar-refractivity contribution >= 4 is 5.91 Å². The molecule has 1 atom stereocenters. The van der Waals surface area contributed by atoms with E-state index in [0.717, 1.165) is 18.5 Å². The fourth-order valence-corrected chi connectivity index (χ4v) is 1.69. The third-order valence-electron chi connectivity index (χ3n) is 3.09. The molecule has 1 unspecified atom stereocenters. The van der Waals surface area contributed by atoms with Crippen LogP contribution in [-0.4, -0.2) is 24.0 Å². The van der Waals surface area contributed by atoms with Crippen molar-refractivity contribution in [2.75, 3.05) is 7.05 Å². The highest BCUT2D eigenvalue weighted by Crippen LogP contribution is 2.44. The normalized spacial score (nSPS) is 18.9. The van der Waals surface area contributed by atoms with Crippen LogP contribution >= 0.6 is 0 Å². The number of aromatic nitrogens is 1. The van der Waals surface area contributed by atoms with Gasteiger partial charge in [-0.1, -0.05) is 6.07 Å². The number of carbonyl (C=O) groups is 1. The lowest BCUT2D eigenvalue weighted by Crippen LogP contribution is -2.45. The van der Waals surface area contributed by atoms with E-state index in [1.165, 1.54) is 0 Å². The van der Waals surface area contributed by atoms with Crippen molar-refractivity contribution in [2.24, 2.45) is 0 Å². The van der Waals surface area contributed by atoms with Crippen LogP contribution in [0.2, 0.25) is 0 Å².